The predicted molar refractivity (Wildman–Crippen MR) is 77.0 cm³/mol. The molecule has 7 heteroatoms. The Hall–Kier alpha value is -1.11. The zero-order valence-corrected chi connectivity index (χ0v) is 13.4. The summed E-state index contributed by atoms with van der Waals surface area (Å²) in [4.78, 5) is 26.1. The van der Waals surface area contributed by atoms with Crippen molar-refractivity contribution >= 4 is 21.7 Å². The van der Waals surface area contributed by atoms with Crippen LogP contribution in [0.1, 0.15) is 40.0 Å². The summed E-state index contributed by atoms with van der Waals surface area (Å²) < 4.78 is 22.3. The number of nitrogens with zero attached hydrogens (tertiary/aromatic N) is 1. The number of carbonyl (C=O) groups excluding carboxylic acids is 2. The monoisotopic (exact) mass is 304 g/mol. The van der Waals surface area contributed by atoms with Gasteiger partial charge in [0.15, 0.2) is 0 Å². The fourth-order valence-corrected chi connectivity index (χ4v) is 3.16. The molecular weight excluding hydrogens is 280 g/mol. The van der Waals surface area contributed by atoms with Crippen LogP contribution in [0.25, 0.3) is 0 Å². The average Bonchev–Trinajstić information content (AvgIpc) is 2.37. The van der Waals surface area contributed by atoms with Crippen molar-refractivity contribution in [2.24, 2.45) is 0 Å². The second-order valence-electron chi connectivity index (χ2n) is 5.44. The Morgan fingerprint density at radius 3 is 2.25 bits per heavy atom. The van der Waals surface area contributed by atoms with Crippen LogP contribution in [0.15, 0.2) is 0 Å². The molecule has 1 unspecified atom stereocenters. The third-order valence-corrected chi connectivity index (χ3v) is 5.03. The summed E-state index contributed by atoms with van der Waals surface area (Å²) >= 11 is 0. The Kier molecular flexibility index (Phi) is 5.18. The lowest BCUT2D eigenvalue weighted by molar-refractivity contribution is -0.154. The van der Waals surface area contributed by atoms with Crippen LogP contribution in [0, 0.1) is 0 Å². The molecule has 0 spiro atoms. The van der Waals surface area contributed by atoms with Crippen molar-refractivity contribution in [3.63, 3.8) is 0 Å². The van der Waals surface area contributed by atoms with E-state index in [1.807, 2.05) is 13.8 Å². The SMILES string of the molecule is CCC1(CC)NC(=O)C(C)N(CCCS(C)(=O)=O)C1=O. The number of rotatable bonds is 6. The van der Waals surface area contributed by atoms with Crippen molar-refractivity contribution in [3.05, 3.63) is 0 Å². The summed E-state index contributed by atoms with van der Waals surface area (Å²) in [6, 6.07) is -0.548. The number of hydrogen-bond acceptors (Lipinski definition) is 4. The maximum atomic E-state index is 12.6. The van der Waals surface area contributed by atoms with Gasteiger partial charge in [0.05, 0.1) is 5.75 Å². The normalized spacial score (nSPS) is 22.8. The van der Waals surface area contributed by atoms with E-state index in [-0.39, 0.29) is 17.6 Å². The number of carbonyl (C=O) groups is 2. The highest BCUT2D eigenvalue weighted by Gasteiger charge is 2.46. The van der Waals surface area contributed by atoms with E-state index in [4.69, 9.17) is 0 Å². The van der Waals surface area contributed by atoms with Crippen LogP contribution in [0.5, 0.6) is 0 Å². The zero-order valence-electron chi connectivity index (χ0n) is 12.6. The molecule has 1 saturated heterocycles. The standard InChI is InChI=1S/C13H24N2O4S/c1-5-13(6-2)12(17)15(10(3)11(16)14-13)8-7-9-20(4,18)19/h10H,5-9H2,1-4H3,(H,14,16). The molecule has 0 radical (unpaired) electrons. The van der Waals surface area contributed by atoms with E-state index in [9.17, 15) is 18.0 Å². The van der Waals surface area contributed by atoms with Crippen LogP contribution in [0.4, 0.5) is 0 Å². The van der Waals surface area contributed by atoms with Crippen LogP contribution < -0.4 is 5.32 Å². The molecule has 0 aromatic rings. The third kappa shape index (κ3) is 3.50. The topological polar surface area (TPSA) is 83.6 Å². The summed E-state index contributed by atoms with van der Waals surface area (Å²) in [5, 5.41) is 2.82. The highest BCUT2D eigenvalue weighted by Crippen LogP contribution is 2.25. The second kappa shape index (κ2) is 6.11. The van der Waals surface area contributed by atoms with Gasteiger partial charge in [-0.3, -0.25) is 9.59 Å². The maximum absolute atomic E-state index is 12.6. The van der Waals surface area contributed by atoms with Gasteiger partial charge in [0.25, 0.3) is 0 Å². The van der Waals surface area contributed by atoms with E-state index in [0.29, 0.717) is 25.8 Å². The lowest BCUT2D eigenvalue weighted by Gasteiger charge is -2.44. The third-order valence-electron chi connectivity index (χ3n) is 4.00. The number of piperazine rings is 1. The van der Waals surface area contributed by atoms with Crippen molar-refractivity contribution in [1.29, 1.82) is 0 Å². The van der Waals surface area contributed by atoms with E-state index < -0.39 is 21.4 Å². The van der Waals surface area contributed by atoms with Crippen molar-refractivity contribution in [2.75, 3.05) is 18.6 Å². The van der Waals surface area contributed by atoms with Gasteiger partial charge in [-0.25, -0.2) is 8.42 Å². The lowest BCUT2D eigenvalue weighted by Crippen LogP contribution is -2.69. The van der Waals surface area contributed by atoms with Gasteiger partial charge in [0.1, 0.15) is 21.4 Å². The van der Waals surface area contributed by atoms with E-state index in [2.05, 4.69) is 5.32 Å². The summed E-state index contributed by atoms with van der Waals surface area (Å²) in [5.74, 6) is -0.258. The zero-order chi connectivity index (χ0) is 15.6. The van der Waals surface area contributed by atoms with Gasteiger partial charge in [-0.1, -0.05) is 13.8 Å². The second-order valence-corrected chi connectivity index (χ2v) is 7.70. The molecule has 1 heterocycles. The summed E-state index contributed by atoms with van der Waals surface area (Å²) in [6.45, 7) is 5.70. The molecule has 0 aromatic heterocycles. The molecule has 0 aliphatic carbocycles. The van der Waals surface area contributed by atoms with E-state index in [1.54, 1.807) is 6.92 Å². The van der Waals surface area contributed by atoms with Crippen LogP contribution in [0.3, 0.4) is 0 Å². The van der Waals surface area contributed by atoms with Gasteiger partial charge in [-0.15, -0.1) is 0 Å². The Morgan fingerprint density at radius 2 is 1.80 bits per heavy atom. The number of nitrogens with one attached hydrogen (secondary N) is 1. The lowest BCUT2D eigenvalue weighted by atomic mass is 9.87. The smallest absolute Gasteiger partial charge is 0.248 e. The van der Waals surface area contributed by atoms with Gasteiger partial charge in [-0.2, -0.15) is 0 Å². The molecule has 6 nitrogen and oxygen atoms in total. The Labute approximate surface area is 120 Å². The Balaban J connectivity index is 2.86. The van der Waals surface area contributed by atoms with Crippen LogP contribution in [0.2, 0.25) is 0 Å². The van der Waals surface area contributed by atoms with E-state index in [0.717, 1.165) is 0 Å². The number of amides is 2. The molecule has 1 N–H and O–H groups in total. The first-order valence-electron chi connectivity index (χ1n) is 6.97. The minimum absolute atomic E-state index is 0.0242. The first-order valence-corrected chi connectivity index (χ1v) is 9.03. The Morgan fingerprint density at radius 1 is 1.25 bits per heavy atom. The van der Waals surface area contributed by atoms with Gasteiger partial charge in [0.2, 0.25) is 11.8 Å². The number of hydrogen-bond donors (Lipinski definition) is 1. The molecule has 1 fully saturated rings. The van der Waals surface area contributed by atoms with E-state index >= 15 is 0 Å². The molecule has 20 heavy (non-hydrogen) atoms. The molecule has 116 valence electrons. The van der Waals surface area contributed by atoms with Crippen molar-refractivity contribution < 1.29 is 18.0 Å². The van der Waals surface area contributed by atoms with Crippen LogP contribution in [-0.4, -0.2) is 55.3 Å². The first-order chi connectivity index (χ1) is 9.17. The molecule has 0 aromatic carbocycles. The predicted octanol–water partition coefficient (Wildman–Crippen LogP) is 0.327. The quantitative estimate of drug-likeness (QED) is 0.766. The minimum Gasteiger partial charge on any atom is -0.340 e. The maximum Gasteiger partial charge on any atom is 0.248 e. The average molecular weight is 304 g/mol. The van der Waals surface area contributed by atoms with Gasteiger partial charge < -0.3 is 10.2 Å². The molecule has 0 saturated carbocycles. The van der Waals surface area contributed by atoms with Gasteiger partial charge >= 0.3 is 0 Å². The highest BCUT2D eigenvalue weighted by molar-refractivity contribution is 7.90. The molecule has 1 aliphatic rings. The summed E-state index contributed by atoms with van der Waals surface area (Å²) in [5.41, 5.74) is -0.839. The highest BCUT2D eigenvalue weighted by atomic mass is 32.2. The van der Waals surface area contributed by atoms with Crippen molar-refractivity contribution in [2.45, 2.75) is 51.6 Å². The molecule has 1 atom stereocenters. The molecule has 2 amide bonds. The van der Waals surface area contributed by atoms with E-state index in [1.165, 1.54) is 11.2 Å². The van der Waals surface area contributed by atoms with Crippen LogP contribution >= 0.6 is 0 Å². The largest absolute Gasteiger partial charge is 0.340 e. The molecular formula is C13H24N2O4S. The molecule has 0 bridgehead atoms. The first kappa shape index (κ1) is 16.9. The van der Waals surface area contributed by atoms with Gasteiger partial charge in [-0.05, 0) is 26.2 Å². The van der Waals surface area contributed by atoms with Crippen LogP contribution in [-0.2, 0) is 19.4 Å². The molecule has 1 rings (SSSR count). The Bertz CT molecular complexity index is 483. The summed E-state index contributed by atoms with van der Waals surface area (Å²) in [6.07, 6.45) is 2.59. The van der Waals surface area contributed by atoms with Crippen molar-refractivity contribution in [3.8, 4) is 0 Å². The fourth-order valence-electron chi connectivity index (χ4n) is 2.51. The fraction of sp³-hybridized carbons (Fsp3) is 0.846. The molecule has 1 aliphatic heterocycles. The van der Waals surface area contributed by atoms with Gasteiger partial charge in [0, 0.05) is 12.8 Å². The number of sulfone groups is 1. The summed E-state index contributed by atoms with van der Waals surface area (Å²) in [7, 11) is -3.05. The van der Waals surface area contributed by atoms with Crippen molar-refractivity contribution in [1.82, 2.24) is 10.2 Å². The minimum atomic E-state index is -3.05.